The highest BCUT2D eigenvalue weighted by molar-refractivity contribution is 7.22. The Morgan fingerprint density at radius 2 is 1.70 bits per heavy atom. The van der Waals surface area contributed by atoms with E-state index in [1.54, 1.807) is 11.3 Å². The Morgan fingerprint density at radius 3 is 2.39 bits per heavy atom. The lowest BCUT2D eigenvalue weighted by molar-refractivity contribution is 0.638. The number of benzene rings is 1. The zero-order valence-electron chi connectivity index (χ0n) is 13.1. The average Bonchev–Trinajstić information content (AvgIpc) is 3.06. The van der Waals surface area contributed by atoms with E-state index in [0.29, 0.717) is 0 Å². The van der Waals surface area contributed by atoms with Crippen LogP contribution in [0.25, 0.3) is 10.2 Å². The summed E-state index contributed by atoms with van der Waals surface area (Å²) in [5.74, 6) is 0.839. The number of rotatable bonds is 3. The summed E-state index contributed by atoms with van der Waals surface area (Å²) in [4.78, 5) is 18.3. The first-order valence-electron chi connectivity index (χ1n) is 8.00. The third-order valence-electron chi connectivity index (χ3n) is 4.22. The summed E-state index contributed by atoms with van der Waals surface area (Å²) in [5, 5.41) is 1.12. The van der Waals surface area contributed by atoms with Crippen molar-refractivity contribution >= 4 is 32.6 Å². The van der Waals surface area contributed by atoms with Gasteiger partial charge in [-0.25, -0.2) is 15.0 Å². The van der Waals surface area contributed by atoms with Gasteiger partial charge in [-0.1, -0.05) is 30.4 Å². The van der Waals surface area contributed by atoms with E-state index in [4.69, 9.17) is 4.98 Å². The van der Waals surface area contributed by atoms with Crippen LogP contribution in [0.3, 0.4) is 0 Å². The van der Waals surface area contributed by atoms with Crippen LogP contribution in [0.1, 0.15) is 12.5 Å². The molecule has 1 saturated heterocycles. The van der Waals surface area contributed by atoms with Crippen LogP contribution < -0.4 is 9.80 Å². The summed E-state index contributed by atoms with van der Waals surface area (Å²) in [6.07, 6.45) is 4.84. The van der Waals surface area contributed by atoms with Crippen molar-refractivity contribution in [1.29, 1.82) is 0 Å². The van der Waals surface area contributed by atoms with Gasteiger partial charge in [0.1, 0.15) is 0 Å². The second-order valence-corrected chi connectivity index (χ2v) is 6.69. The van der Waals surface area contributed by atoms with Gasteiger partial charge in [0, 0.05) is 38.6 Å². The molecule has 0 atom stereocenters. The summed E-state index contributed by atoms with van der Waals surface area (Å²) >= 11 is 1.77. The molecule has 0 N–H and O–H groups in total. The van der Waals surface area contributed by atoms with Crippen LogP contribution >= 0.6 is 11.3 Å². The van der Waals surface area contributed by atoms with E-state index in [2.05, 4.69) is 44.9 Å². The lowest BCUT2D eigenvalue weighted by atomic mass is 10.3. The number of thiazole rings is 1. The lowest BCUT2D eigenvalue weighted by Crippen LogP contribution is -2.47. The van der Waals surface area contributed by atoms with Gasteiger partial charge < -0.3 is 9.80 Å². The SMILES string of the molecule is CCc1cnc(N2CCN(c3nc4ccccc4s3)CC2)nc1. The highest BCUT2D eigenvalue weighted by atomic mass is 32.1. The van der Waals surface area contributed by atoms with Crippen LogP contribution in [0.2, 0.25) is 0 Å². The van der Waals surface area contributed by atoms with Crippen molar-refractivity contribution in [2.24, 2.45) is 0 Å². The topological polar surface area (TPSA) is 45.2 Å². The maximum absolute atomic E-state index is 4.75. The minimum atomic E-state index is 0.839. The Kier molecular flexibility index (Phi) is 3.83. The van der Waals surface area contributed by atoms with Gasteiger partial charge in [-0.05, 0) is 24.1 Å². The molecule has 3 heterocycles. The summed E-state index contributed by atoms with van der Waals surface area (Å²) < 4.78 is 1.25. The molecule has 1 aromatic carbocycles. The molecule has 0 saturated carbocycles. The second kappa shape index (κ2) is 6.12. The molecule has 0 unspecified atom stereocenters. The van der Waals surface area contributed by atoms with Gasteiger partial charge in [0.25, 0.3) is 0 Å². The monoisotopic (exact) mass is 325 g/mol. The molecule has 0 amide bonds. The predicted molar refractivity (Wildman–Crippen MR) is 95.5 cm³/mol. The fourth-order valence-electron chi connectivity index (χ4n) is 2.79. The molecule has 1 fully saturated rings. The summed E-state index contributed by atoms with van der Waals surface area (Å²) in [6, 6.07) is 8.32. The number of hydrogen-bond donors (Lipinski definition) is 0. The van der Waals surface area contributed by atoms with E-state index in [9.17, 15) is 0 Å². The van der Waals surface area contributed by atoms with E-state index < -0.39 is 0 Å². The van der Waals surface area contributed by atoms with Crippen molar-refractivity contribution in [3.63, 3.8) is 0 Å². The standard InChI is InChI=1S/C17H19N5S/c1-2-13-11-18-16(19-12-13)21-7-9-22(10-8-21)17-20-14-5-3-4-6-15(14)23-17/h3-6,11-12H,2,7-10H2,1H3. The molecule has 2 aromatic heterocycles. The number of fused-ring (bicyclic) bond motifs is 1. The van der Waals surface area contributed by atoms with E-state index in [1.807, 2.05) is 18.5 Å². The van der Waals surface area contributed by atoms with Crippen LogP contribution in [0, 0.1) is 0 Å². The minimum Gasteiger partial charge on any atom is -0.345 e. The summed E-state index contributed by atoms with van der Waals surface area (Å²) in [6.45, 7) is 5.90. The molecule has 23 heavy (non-hydrogen) atoms. The molecule has 3 aromatic rings. The van der Waals surface area contributed by atoms with Gasteiger partial charge in [0.05, 0.1) is 10.2 Å². The Bertz CT molecular complexity index is 757. The molecule has 0 spiro atoms. The van der Waals surface area contributed by atoms with Crippen molar-refractivity contribution < 1.29 is 0 Å². The molecule has 118 valence electrons. The van der Waals surface area contributed by atoms with E-state index in [1.165, 1.54) is 10.3 Å². The van der Waals surface area contributed by atoms with Crippen molar-refractivity contribution in [2.45, 2.75) is 13.3 Å². The molecular weight excluding hydrogens is 306 g/mol. The molecule has 5 nitrogen and oxygen atoms in total. The maximum Gasteiger partial charge on any atom is 0.225 e. The highest BCUT2D eigenvalue weighted by Gasteiger charge is 2.21. The van der Waals surface area contributed by atoms with Gasteiger partial charge in [-0.3, -0.25) is 0 Å². The first kappa shape index (κ1) is 14.4. The molecule has 4 rings (SSSR count). The van der Waals surface area contributed by atoms with Crippen molar-refractivity contribution in [3.05, 3.63) is 42.2 Å². The van der Waals surface area contributed by atoms with Crippen LogP contribution in [-0.4, -0.2) is 41.1 Å². The quantitative estimate of drug-likeness (QED) is 0.741. The first-order chi connectivity index (χ1) is 11.3. The third-order valence-corrected chi connectivity index (χ3v) is 5.31. The van der Waals surface area contributed by atoms with Crippen LogP contribution in [0.4, 0.5) is 11.1 Å². The fourth-order valence-corrected chi connectivity index (χ4v) is 3.80. The van der Waals surface area contributed by atoms with Gasteiger partial charge >= 0.3 is 0 Å². The van der Waals surface area contributed by atoms with Crippen molar-refractivity contribution in [1.82, 2.24) is 15.0 Å². The molecule has 1 aliphatic rings. The molecule has 0 aliphatic carbocycles. The van der Waals surface area contributed by atoms with Crippen LogP contribution in [0.15, 0.2) is 36.7 Å². The number of nitrogens with zero attached hydrogens (tertiary/aromatic N) is 5. The second-order valence-electron chi connectivity index (χ2n) is 5.68. The Morgan fingerprint density at radius 1 is 1.00 bits per heavy atom. The lowest BCUT2D eigenvalue weighted by Gasteiger charge is -2.34. The number of anilines is 2. The zero-order chi connectivity index (χ0) is 15.6. The smallest absolute Gasteiger partial charge is 0.225 e. The number of aromatic nitrogens is 3. The van der Waals surface area contributed by atoms with E-state index >= 15 is 0 Å². The fraction of sp³-hybridized carbons (Fsp3) is 0.353. The minimum absolute atomic E-state index is 0.839. The van der Waals surface area contributed by atoms with Gasteiger partial charge in [-0.15, -0.1) is 0 Å². The molecular formula is C17H19N5S. The Hall–Kier alpha value is -2.21. The molecule has 6 heteroatoms. The van der Waals surface area contributed by atoms with Gasteiger partial charge in [0.2, 0.25) is 5.95 Å². The Balaban J connectivity index is 1.45. The highest BCUT2D eigenvalue weighted by Crippen LogP contribution is 2.29. The Labute approximate surface area is 139 Å². The predicted octanol–water partition coefficient (Wildman–Crippen LogP) is 2.98. The van der Waals surface area contributed by atoms with Gasteiger partial charge in [-0.2, -0.15) is 0 Å². The van der Waals surface area contributed by atoms with Crippen LogP contribution in [0.5, 0.6) is 0 Å². The summed E-state index contributed by atoms with van der Waals surface area (Å²) in [7, 11) is 0. The van der Waals surface area contributed by atoms with Crippen LogP contribution in [-0.2, 0) is 6.42 Å². The zero-order valence-corrected chi connectivity index (χ0v) is 14.0. The number of para-hydroxylation sites is 1. The average molecular weight is 325 g/mol. The molecule has 0 bridgehead atoms. The van der Waals surface area contributed by atoms with E-state index in [0.717, 1.165) is 49.2 Å². The van der Waals surface area contributed by atoms with Crippen molar-refractivity contribution in [3.8, 4) is 0 Å². The third kappa shape index (κ3) is 2.86. The maximum atomic E-state index is 4.75. The molecule has 0 radical (unpaired) electrons. The first-order valence-corrected chi connectivity index (χ1v) is 8.81. The number of aryl methyl sites for hydroxylation is 1. The van der Waals surface area contributed by atoms with Crippen molar-refractivity contribution in [2.75, 3.05) is 36.0 Å². The number of hydrogen-bond acceptors (Lipinski definition) is 6. The summed E-state index contributed by atoms with van der Waals surface area (Å²) in [5.41, 5.74) is 2.27. The normalized spacial score (nSPS) is 15.3. The molecule has 1 aliphatic heterocycles. The largest absolute Gasteiger partial charge is 0.345 e. The number of piperazine rings is 1. The van der Waals surface area contributed by atoms with E-state index in [-0.39, 0.29) is 0 Å². The van der Waals surface area contributed by atoms with Gasteiger partial charge in [0.15, 0.2) is 5.13 Å².